The molecule has 2 unspecified atom stereocenters. The van der Waals surface area contributed by atoms with Crippen molar-refractivity contribution >= 4 is 0 Å². The topological polar surface area (TPSA) is 20.2 Å². The van der Waals surface area contributed by atoms with Crippen molar-refractivity contribution < 1.29 is 5.11 Å². The highest BCUT2D eigenvalue weighted by Crippen LogP contribution is 2.35. The highest BCUT2D eigenvalue weighted by Gasteiger charge is 2.28. The molecule has 0 aromatic heterocycles. The van der Waals surface area contributed by atoms with Gasteiger partial charge in [-0.1, -0.05) is 63.9 Å². The average Bonchev–Trinajstić information content (AvgIpc) is 2.42. The monoisotopic (exact) mass is 234 g/mol. The summed E-state index contributed by atoms with van der Waals surface area (Å²) in [6.07, 6.45) is 4.55. The van der Waals surface area contributed by atoms with Crippen LogP contribution in [0.3, 0.4) is 0 Å². The standard InChI is InChI=1S/C14H20O.C2H6/c1-11(12-7-3-2-4-8-12)13-9-5-6-10-14(13)15;1-2/h2-4,7-8,11,13-15H,5-6,9-10H2,1H3;1-2H3/t11?,13-,14?;/m0./s1. The van der Waals surface area contributed by atoms with Crippen molar-refractivity contribution in [2.24, 2.45) is 5.92 Å². The number of hydrogen-bond acceptors (Lipinski definition) is 1. The van der Waals surface area contributed by atoms with Gasteiger partial charge in [0.1, 0.15) is 0 Å². The van der Waals surface area contributed by atoms with Crippen LogP contribution in [0.5, 0.6) is 0 Å². The van der Waals surface area contributed by atoms with E-state index in [9.17, 15) is 5.11 Å². The fourth-order valence-electron chi connectivity index (χ4n) is 2.73. The zero-order valence-electron chi connectivity index (χ0n) is 11.4. The van der Waals surface area contributed by atoms with E-state index in [2.05, 4.69) is 31.2 Å². The van der Waals surface area contributed by atoms with E-state index in [4.69, 9.17) is 0 Å². The molecular weight excluding hydrogens is 208 g/mol. The normalized spacial score (nSPS) is 25.6. The molecule has 96 valence electrons. The van der Waals surface area contributed by atoms with Gasteiger partial charge in [0.2, 0.25) is 0 Å². The Morgan fingerprint density at radius 3 is 2.24 bits per heavy atom. The molecule has 1 saturated carbocycles. The van der Waals surface area contributed by atoms with Crippen LogP contribution in [0.15, 0.2) is 30.3 Å². The van der Waals surface area contributed by atoms with Crippen molar-refractivity contribution in [3.8, 4) is 0 Å². The summed E-state index contributed by atoms with van der Waals surface area (Å²) in [5, 5.41) is 10.0. The van der Waals surface area contributed by atoms with Crippen molar-refractivity contribution in [3.05, 3.63) is 35.9 Å². The summed E-state index contributed by atoms with van der Waals surface area (Å²) in [7, 11) is 0. The summed E-state index contributed by atoms with van der Waals surface area (Å²) in [4.78, 5) is 0. The summed E-state index contributed by atoms with van der Waals surface area (Å²) in [5.41, 5.74) is 1.36. The van der Waals surface area contributed by atoms with Crippen LogP contribution in [0.25, 0.3) is 0 Å². The lowest BCUT2D eigenvalue weighted by molar-refractivity contribution is 0.0579. The summed E-state index contributed by atoms with van der Waals surface area (Å²) < 4.78 is 0. The van der Waals surface area contributed by atoms with Gasteiger partial charge in [0.25, 0.3) is 0 Å². The first-order chi connectivity index (χ1) is 8.29. The molecule has 1 nitrogen and oxygen atoms in total. The highest BCUT2D eigenvalue weighted by molar-refractivity contribution is 5.20. The summed E-state index contributed by atoms with van der Waals surface area (Å²) in [6.45, 7) is 6.24. The Morgan fingerprint density at radius 1 is 1.06 bits per heavy atom. The quantitative estimate of drug-likeness (QED) is 0.805. The van der Waals surface area contributed by atoms with Gasteiger partial charge >= 0.3 is 0 Å². The maximum Gasteiger partial charge on any atom is 0.0574 e. The second-order valence-corrected chi connectivity index (χ2v) is 4.72. The Hall–Kier alpha value is -0.820. The van der Waals surface area contributed by atoms with Gasteiger partial charge in [-0.3, -0.25) is 0 Å². The van der Waals surface area contributed by atoms with Crippen LogP contribution in [0.2, 0.25) is 0 Å². The largest absolute Gasteiger partial charge is 0.393 e. The van der Waals surface area contributed by atoms with Crippen molar-refractivity contribution in [2.75, 3.05) is 0 Å². The van der Waals surface area contributed by atoms with E-state index in [0.717, 1.165) is 6.42 Å². The number of rotatable bonds is 2. The number of aliphatic hydroxyl groups is 1. The molecule has 1 aromatic rings. The van der Waals surface area contributed by atoms with Crippen LogP contribution >= 0.6 is 0 Å². The van der Waals surface area contributed by atoms with Crippen LogP contribution in [-0.4, -0.2) is 11.2 Å². The zero-order valence-corrected chi connectivity index (χ0v) is 11.4. The summed E-state index contributed by atoms with van der Waals surface area (Å²) >= 11 is 0. The van der Waals surface area contributed by atoms with Crippen LogP contribution < -0.4 is 0 Å². The summed E-state index contributed by atoms with van der Waals surface area (Å²) in [5.74, 6) is 0.947. The van der Waals surface area contributed by atoms with E-state index in [1.807, 2.05) is 19.9 Å². The molecule has 0 heterocycles. The van der Waals surface area contributed by atoms with Crippen LogP contribution in [0.4, 0.5) is 0 Å². The molecule has 0 saturated heterocycles. The molecule has 0 aliphatic heterocycles. The smallest absolute Gasteiger partial charge is 0.0574 e. The van der Waals surface area contributed by atoms with Crippen LogP contribution in [0, 0.1) is 5.92 Å². The highest BCUT2D eigenvalue weighted by atomic mass is 16.3. The van der Waals surface area contributed by atoms with Crippen LogP contribution in [0.1, 0.15) is 57.9 Å². The van der Waals surface area contributed by atoms with Gasteiger partial charge in [0, 0.05) is 0 Å². The van der Waals surface area contributed by atoms with Crippen LogP contribution in [-0.2, 0) is 0 Å². The Labute approximate surface area is 106 Å². The SMILES string of the molecule is CC.CC(c1ccccc1)[C@@H]1CCCCC1O. The van der Waals surface area contributed by atoms with Crippen molar-refractivity contribution in [1.82, 2.24) is 0 Å². The van der Waals surface area contributed by atoms with Gasteiger partial charge in [-0.2, -0.15) is 0 Å². The van der Waals surface area contributed by atoms with E-state index < -0.39 is 0 Å². The van der Waals surface area contributed by atoms with Gasteiger partial charge < -0.3 is 5.11 Å². The van der Waals surface area contributed by atoms with Crippen molar-refractivity contribution in [3.63, 3.8) is 0 Å². The van der Waals surface area contributed by atoms with E-state index in [1.165, 1.54) is 24.8 Å². The molecule has 1 aromatic carbocycles. The first-order valence-corrected chi connectivity index (χ1v) is 7.02. The predicted molar refractivity (Wildman–Crippen MR) is 74.2 cm³/mol. The molecule has 0 radical (unpaired) electrons. The molecule has 2 rings (SSSR count). The molecule has 1 N–H and O–H groups in total. The van der Waals surface area contributed by atoms with Gasteiger partial charge in [0.15, 0.2) is 0 Å². The maximum absolute atomic E-state index is 10.0. The second-order valence-electron chi connectivity index (χ2n) is 4.72. The predicted octanol–water partition coefficient (Wildman–Crippen LogP) is 4.37. The lowest BCUT2D eigenvalue weighted by Crippen LogP contribution is -2.28. The Bertz CT molecular complexity index is 294. The molecule has 0 amide bonds. The molecule has 0 spiro atoms. The molecule has 1 heteroatoms. The van der Waals surface area contributed by atoms with Crippen molar-refractivity contribution in [1.29, 1.82) is 0 Å². The molecule has 1 aliphatic rings. The Morgan fingerprint density at radius 2 is 1.65 bits per heavy atom. The van der Waals surface area contributed by atoms with E-state index in [-0.39, 0.29) is 6.10 Å². The van der Waals surface area contributed by atoms with Gasteiger partial charge in [0.05, 0.1) is 6.10 Å². The molecule has 3 atom stereocenters. The number of benzene rings is 1. The molecule has 0 bridgehead atoms. The Kier molecular flexibility index (Phi) is 6.28. The fourth-order valence-corrected chi connectivity index (χ4v) is 2.73. The zero-order chi connectivity index (χ0) is 12.7. The lowest BCUT2D eigenvalue weighted by atomic mass is 9.76. The van der Waals surface area contributed by atoms with E-state index in [1.54, 1.807) is 0 Å². The van der Waals surface area contributed by atoms with Crippen molar-refractivity contribution in [2.45, 2.75) is 58.5 Å². The number of hydrogen-bond donors (Lipinski definition) is 1. The summed E-state index contributed by atoms with van der Waals surface area (Å²) in [6, 6.07) is 10.6. The fraction of sp³-hybridized carbons (Fsp3) is 0.625. The maximum atomic E-state index is 10.0. The van der Waals surface area contributed by atoms with Gasteiger partial charge in [-0.15, -0.1) is 0 Å². The average molecular weight is 234 g/mol. The van der Waals surface area contributed by atoms with Gasteiger partial charge in [-0.25, -0.2) is 0 Å². The minimum absolute atomic E-state index is 0.0889. The van der Waals surface area contributed by atoms with E-state index >= 15 is 0 Å². The first kappa shape index (κ1) is 14.2. The third-order valence-corrected chi connectivity index (χ3v) is 3.75. The molecule has 1 fully saturated rings. The van der Waals surface area contributed by atoms with E-state index in [0.29, 0.717) is 11.8 Å². The minimum Gasteiger partial charge on any atom is -0.393 e. The first-order valence-electron chi connectivity index (χ1n) is 7.02. The van der Waals surface area contributed by atoms with Gasteiger partial charge in [-0.05, 0) is 30.2 Å². The Balaban J connectivity index is 0.000000686. The third kappa shape index (κ3) is 3.85. The minimum atomic E-state index is -0.0889. The second kappa shape index (κ2) is 7.50. The third-order valence-electron chi connectivity index (χ3n) is 3.75. The molecule has 1 aliphatic carbocycles. The number of aliphatic hydroxyl groups excluding tert-OH is 1. The lowest BCUT2D eigenvalue weighted by Gasteiger charge is -2.32. The molecule has 17 heavy (non-hydrogen) atoms. The molecular formula is C16H26O.